The molecule has 0 spiro atoms. The van der Waals surface area contributed by atoms with E-state index in [2.05, 4.69) is 10.6 Å². The fourth-order valence-electron chi connectivity index (χ4n) is 2.05. The zero-order valence-electron chi connectivity index (χ0n) is 11.2. The maximum absolute atomic E-state index is 12.7. The zero-order valence-corrected chi connectivity index (χ0v) is 12.0. The molecule has 0 aromatic heterocycles. The molecule has 2 N–H and O–H groups in total. The number of benzene rings is 1. The monoisotopic (exact) mass is 302 g/mol. The number of carbonyl (C=O) groups excluding carboxylic acids is 1. The number of hydrogen-bond donors (Lipinski definition) is 2. The van der Waals surface area contributed by atoms with Crippen molar-refractivity contribution in [3.63, 3.8) is 0 Å². The van der Waals surface area contributed by atoms with E-state index >= 15 is 0 Å². The van der Waals surface area contributed by atoms with Crippen molar-refractivity contribution in [1.82, 2.24) is 10.6 Å². The minimum atomic E-state index is -0.297. The van der Waals surface area contributed by atoms with E-state index in [1.54, 1.807) is 12.1 Å². The molecule has 20 heavy (non-hydrogen) atoms. The Balaban J connectivity index is 0.00000200. The molecule has 0 saturated carbocycles. The van der Waals surface area contributed by atoms with Crippen molar-refractivity contribution in [1.29, 1.82) is 0 Å². The van der Waals surface area contributed by atoms with Gasteiger partial charge in [-0.1, -0.05) is 0 Å². The summed E-state index contributed by atoms with van der Waals surface area (Å²) in [4.78, 5) is 11.6. The van der Waals surface area contributed by atoms with Gasteiger partial charge in [0, 0.05) is 12.6 Å². The molecule has 4 nitrogen and oxygen atoms in total. The maximum atomic E-state index is 12.7. The first-order valence-electron chi connectivity index (χ1n) is 6.62. The van der Waals surface area contributed by atoms with E-state index < -0.39 is 0 Å². The summed E-state index contributed by atoms with van der Waals surface area (Å²) >= 11 is 0. The van der Waals surface area contributed by atoms with Crippen LogP contribution in [0.3, 0.4) is 0 Å². The van der Waals surface area contributed by atoms with Gasteiger partial charge in [0.15, 0.2) is 0 Å². The van der Waals surface area contributed by atoms with Crippen molar-refractivity contribution in [3.05, 3.63) is 30.1 Å². The van der Waals surface area contributed by atoms with Gasteiger partial charge >= 0.3 is 0 Å². The molecule has 1 aliphatic heterocycles. The van der Waals surface area contributed by atoms with Crippen LogP contribution in [0.1, 0.15) is 19.3 Å². The SMILES string of the molecule is Cl.O=C(CCOc1ccc(F)cc1)NCC1CCCN1. The summed E-state index contributed by atoms with van der Waals surface area (Å²) in [7, 11) is 0. The topological polar surface area (TPSA) is 50.4 Å². The number of rotatable bonds is 6. The van der Waals surface area contributed by atoms with Crippen LogP contribution in [-0.2, 0) is 4.79 Å². The average molecular weight is 303 g/mol. The summed E-state index contributed by atoms with van der Waals surface area (Å²) in [5, 5.41) is 6.20. The third-order valence-corrected chi connectivity index (χ3v) is 3.12. The van der Waals surface area contributed by atoms with Crippen LogP contribution in [0.2, 0.25) is 0 Å². The molecule has 0 radical (unpaired) electrons. The molecule has 1 aromatic rings. The normalized spacial score (nSPS) is 17.4. The lowest BCUT2D eigenvalue weighted by molar-refractivity contribution is -0.121. The average Bonchev–Trinajstić information content (AvgIpc) is 2.92. The van der Waals surface area contributed by atoms with Crippen LogP contribution in [0.15, 0.2) is 24.3 Å². The van der Waals surface area contributed by atoms with Crippen LogP contribution < -0.4 is 15.4 Å². The number of hydrogen-bond acceptors (Lipinski definition) is 3. The number of ether oxygens (including phenoxy) is 1. The van der Waals surface area contributed by atoms with E-state index in [9.17, 15) is 9.18 Å². The van der Waals surface area contributed by atoms with Crippen LogP contribution in [0.4, 0.5) is 4.39 Å². The lowest BCUT2D eigenvalue weighted by Gasteiger charge is -2.11. The molecule has 1 aromatic carbocycles. The molecule has 1 heterocycles. The van der Waals surface area contributed by atoms with Crippen molar-refractivity contribution >= 4 is 18.3 Å². The lowest BCUT2D eigenvalue weighted by Crippen LogP contribution is -2.37. The summed E-state index contributed by atoms with van der Waals surface area (Å²) in [5.41, 5.74) is 0. The van der Waals surface area contributed by atoms with Crippen molar-refractivity contribution < 1.29 is 13.9 Å². The van der Waals surface area contributed by atoms with Gasteiger partial charge < -0.3 is 15.4 Å². The second-order valence-corrected chi connectivity index (χ2v) is 4.65. The van der Waals surface area contributed by atoms with E-state index in [0.717, 1.165) is 13.0 Å². The Morgan fingerprint density at radius 1 is 1.40 bits per heavy atom. The first kappa shape index (κ1) is 16.7. The summed E-state index contributed by atoms with van der Waals surface area (Å²) < 4.78 is 18.0. The van der Waals surface area contributed by atoms with Gasteiger partial charge in [-0.15, -0.1) is 12.4 Å². The minimum Gasteiger partial charge on any atom is -0.493 e. The quantitative estimate of drug-likeness (QED) is 0.844. The molecule has 1 unspecified atom stereocenters. The Labute approximate surface area is 124 Å². The molecule has 6 heteroatoms. The van der Waals surface area contributed by atoms with Gasteiger partial charge in [-0.25, -0.2) is 4.39 Å². The van der Waals surface area contributed by atoms with Crippen LogP contribution in [0.5, 0.6) is 5.75 Å². The summed E-state index contributed by atoms with van der Waals surface area (Å²) in [6.45, 7) is 2.01. The second kappa shape index (κ2) is 8.76. The van der Waals surface area contributed by atoms with Crippen LogP contribution in [-0.4, -0.2) is 31.6 Å². The molecular formula is C14H20ClFN2O2. The number of amides is 1. The Morgan fingerprint density at radius 2 is 2.15 bits per heavy atom. The Bertz CT molecular complexity index is 408. The standard InChI is InChI=1S/C14H19FN2O2.ClH/c15-11-3-5-13(6-4-11)19-9-7-14(18)17-10-12-2-1-8-16-12;/h3-6,12,16H,1-2,7-10H2,(H,17,18);1H. The second-order valence-electron chi connectivity index (χ2n) is 4.65. The maximum Gasteiger partial charge on any atom is 0.223 e. The Hall–Kier alpha value is -1.33. The molecule has 1 aliphatic rings. The molecule has 0 aliphatic carbocycles. The van der Waals surface area contributed by atoms with Gasteiger partial charge in [0.05, 0.1) is 13.0 Å². The Kier molecular flexibility index (Phi) is 7.33. The highest BCUT2D eigenvalue weighted by molar-refractivity contribution is 5.85. The third kappa shape index (κ3) is 5.75. The summed E-state index contributed by atoms with van der Waals surface area (Å²) in [6, 6.07) is 6.18. The van der Waals surface area contributed by atoms with E-state index in [0.29, 0.717) is 31.4 Å². The van der Waals surface area contributed by atoms with E-state index in [-0.39, 0.29) is 24.1 Å². The van der Waals surface area contributed by atoms with Gasteiger partial charge in [0.25, 0.3) is 0 Å². The van der Waals surface area contributed by atoms with Crippen molar-refractivity contribution in [2.75, 3.05) is 19.7 Å². The van der Waals surface area contributed by atoms with Gasteiger partial charge in [-0.2, -0.15) is 0 Å². The zero-order chi connectivity index (χ0) is 13.5. The summed E-state index contributed by atoms with van der Waals surface area (Å²) in [5.74, 6) is 0.261. The van der Waals surface area contributed by atoms with Crippen LogP contribution in [0.25, 0.3) is 0 Å². The molecule has 1 atom stereocenters. The largest absolute Gasteiger partial charge is 0.493 e. The van der Waals surface area contributed by atoms with Crippen LogP contribution >= 0.6 is 12.4 Å². The van der Waals surface area contributed by atoms with Gasteiger partial charge in [0.1, 0.15) is 11.6 Å². The highest BCUT2D eigenvalue weighted by Gasteiger charge is 2.14. The van der Waals surface area contributed by atoms with Gasteiger partial charge in [-0.3, -0.25) is 4.79 Å². The summed E-state index contributed by atoms with van der Waals surface area (Å²) in [6.07, 6.45) is 2.60. The molecule has 1 saturated heterocycles. The molecule has 112 valence electrons. The van der Waals surface area contributed by atoms with Gasteiger partial charge in [-0.05, 0) is 43.7 Å². The van der Waals surface area contributed by atoms with E-state index in [1.165, 1.54) is 18.6 Å². The van der Waals surface area contributed by atoms with Crippen molar-refractivity contribution in [3.8, 4) is 5.75 Å². The molecule has 2 rings (SSSR count). The predicted molar refractivity (Wildman–Crippen MR) is 77.8 cm³/mol. The molecule has 1 amide bonds. The van der Waals surface area contributed by atoms with E-state index in [1.807, 2.05) is 0 Å². The van der Waals surface area contributed by atoms with Gasteiger partial charge in [0.2, 0.25) is 5.91 Å². The molecule has 0 bridgehead atoms. The smallest absolute Gasteiger partial charge is 0.223 e. The van der Waals surface area contributed by atoms with Crippen molar-refractivity contribution in [2.45, 2.75) is 25.3 Å². The van der Waals surface area contributed by atoms with Crippen LogP contribution in [0, 0.1) is 5.82 Å². The first-order valence-corrected chi connectivity index (χ1v) is 6.62. The molecule has 1 fully saturated rings. The Morgan fingerprint density at radius 3 is 2.80 bits per heavy atom. The molecular weight excluding hydrogens is 283 g/mol. The fraction of sp³-hybridized carbons (Fsp3) is 0.500. The lowest BCUT2D eigenvalue weighted by atomic mass is 10.2. The number of nitrogens with one attached hydrogen (secondary N) is 2. The third-order valence-electron chi connectivity index (χ3n) is 3.12. The fourth-order valence-corrected chi connectivity index (χ4v) is 2.05. The first-order chi connectivity index (χ1) is 9.24. The number of halogens is 2. The minimum absolute atomic E-state index is 0. The number of carbonyl (C=O) groups is 1. The predicted octanol–water partition coefficient (Wildman–Crippen LogP) is 1.88. The highest BCUT2D eigenvalue weighted by atomic mass is 35.5. The van der Waals surface area contributed by atoms with Crippen molar-refractivity contribution in [2.24, 2.45) is 0 Å². The highest BCUT2D eigenvalue weighted by Crippen LogP contribution is 2.11. The van der Waals surface area contributed by atoms with E-state index in [4.69, 9.17) is 4.74 Å².